The van der Waals surface area contributed by atoms with Gasteiger partial charge in [0.15, 0.2) is 4.34 Å². The van der Waals surface area contributed by atoms with Crippen molar-refractivity contribution >= 4 is 61.6 Å². The molecule has 0 radical (unpaired) electrons. The molecule has 1 N–H and O–H groups in total. The molecule has 1 unspecified atom stereocenters. The summed E-state index contributed by atoms with van der Waals surface area (Å²) >= 11 is 6.12. The maximum absolute atomic E-state index is 13.6. The molecule has 208 valence electrons. The first-order chi connectivity index (χ1) is 20.5. The largest absolute Gasteiger partial charge is 0.507 e. The predicted molar refractivity (Wildman–Crippen MR) is 168 cm³/mol. The van der Waals surface area contributed by atoms with Crippen LogP contribution in [0.2, 0.25) is 0 Å². The third-order valence-electron chi connectivity index (χ3n) is 6.52. The number of aliphatic hydroxyl groups is 1. The van der Waals surface area contributed by atoms with E-state index in [1.165, 1.54) is 28.0 Å². The number of aromatic nitrogens is 2. The molecule has 2 heterocycles. The van der Waals surface area contributed by atoms with Crippen molar-refractivity contribution in [1.29, 1.82) is 0 Å². The predicted octanol–water partition coefficient (Wildman–Crippen LogP) is 8.01. The van der Waals surface area contributed by atoms with Crippen molar-refractivity contribution < 1.29 is 19.4 Å². The number of para-hydroxylation sites is 1. The molecule has 0 aliphatic carbocycles. The second-order valence-corrected chi connectivity index (χ2v) is 12.4. The number of ether oxygens (including phenoxy) is 1. The molecule has 1 saturated heterocycles. The third kappa shape index (κ3) is 5.87. The zero-order valence-corrected chi connectivity index (χ0v) is 25.1. The zero-order chi connectivity index (χ0) is 29.1. The number of aliphatic hydroxyl groups excluding tert-OH is 1. The summed E-state index contributed by atoms with van der Waals surface area (Å²) < 4.78 is 7.52. The van der Waals surface area contributed by atoms with Gasteiger partial charge in [-0.1, -0.05) is 112 Å². The van der Waals surface area contributed by atoms with E-state index in [-0.39, 0.29) is 16.5 Å². The Hall–Kier alpha value is -4.25. The van der Waals surface area contributed by atoms with Crippen molar-refractivity contribution in [3.63, 3.8) is 0 Å². The van der Waals surface area contributed by atoms with Crippen LogP contribution in [0.25, 0.3) is 5.76 Å². The van der Waals surface area contributed by atoms with Crippen LogP contribution in [0.4, 0.5) is 5.13 Å². The minimum Gasteiger partial charge on any atom is -0.507 e. The van der Waals surface area contributed by atoms with Gasteiger partial charge in [-0.25, -0.2) is 0 Å². The van der Waals surface area contributed by atoms with Crippen LogP contribution in [0.5, 0.6) is 11.5 Å². The highest BCUT2D eigenvalue weighted by Gasteiger charge is 2.48. The monoisotopic (exact) mass is 655 g/mol. The fourth-order valence-corrected chi connectivity index (χ4v) is 6.65. The first-order valence-electron chi connectivity index (χ1n) is 12.9. The standard InChI is InChI=1S/C32H22BrN3O4S2/c33-23-16-14-21(15-17-23)28(37)26-27(22-10-7-13-25(18-22)40-24-11-5-2-6-12-24)36(30(39)29(26)38)31-34-35-32(42-31)41-19-20-8-3-1-4-9-20/h1-18,27,37H,19H2/b28-26-. The Bertz CT molecular complexity index is 1780. The average Bonchev–Trinajstić information content (AvgIpc) is 3.59. The number of benzene rings is 4. The highest BCUT2D eigenvalue weighted by Crippen LogP contribution is 2.45. The van der Waals surface area contributed by atoms with Crippen LogP contribution in [0.15, 0.2) is 124 Å². The van der Waals surface area contributed by atoms with E-state index in [4.69, 9.17) is 4.74 Å². The van der Waals surface area contributed by atoms with Crippen LogP contribution in [-0.2, 0) is 15.3 Å². The van der Waals surface area contributed by atoms with Crippen LogP contribution >= 0.6 is 39.0 Å². The van der Waals surface area contributed by atoms with Crippen molar-refractivity contribution in [3.05, 3.63) is 136 Å². The number of Topliss-reactive ketones (excluding diaryl/α,β-unsaturated/α-hetero) is 1. The van der Waals surface area contributed by atoms with Gasteiger partial charge in [0.2, 0.25) is 5.13 Å². The summed E-state index contributed by atoms with van der Waals surface area (Å²) in [5, 5.41) is 20.3. The van der Waals surface area contributed by atoms with Crippen LogP contribution in [0, 0.1) is 0 Å². The Labute approximate surface area is 258 Å². The molecule has 0 saturated carbocycles. The molecular weight excluding hydrogens is 634 g/mol. The van der Waals surface area contributed by atoms with Crippen LogP contribution in [0.3, 0.4) is 0 Å². The molecule has 1 fully saturated rings. The van der Waals surface area contributed by atoms with Crippen LogP contribution < -0.4 is 9.64 Å². The zero-order valence-electron chi connectivity index (χ0n) is 21.9. The molecule has 6 rings (SSSR count). The molecule has 0 spiro atoms. The molecule has 5 aromatic rings. The van der Waals surface area contributed by atoms with Gasteiger partial charge in [-0.15, -0.1) is 10.2 Å². The normalized spacial score (nSPS) is 16.1. The maximum Gasteiger partial charge on any atom is 0.301 e. The van der Waals surface area contributed by atoms with Crippen molar-refractivity contribution in [1.82, 2.24) is 10.2 Å². The smallest absolute Gasteiger partial charge is 0.301 e. The van der Waals surface area contributed by atoms with Gasteiger partial charge in [0.1, 0.15) is 17.3 Å². The number of thioether (sulfide) groups is 1. The minimum atomic E-state index is -0.951. The van der Waals surface area contributed by atoms with Gasteiger partial charge in [0.05, 0.1) is 11.6 Å². The summed E-state index contributed by atoms with van der Waals surface area (Å²) in [5.74, 6) is -0.0227. The van der Waals surface area contributed by atoms with Gasteiger partial charge in [-0.2, -0.15) is 0 Å². The van der Waals surface area contributed by atoms with Gasteiger partial charge in [0.25, 0.3) is 5.78 Å². The second-order valence-electron chi connectivity index (χ2n) is 9.29. The molecule has 1 aromatic heterocycles. The highest BCUT2D eigenvalue weighted by molar-refractivity contribution is 9.10. The molecule has 1 aliphatic rings. The van der Waals surface area contributed by atoms with E-state index >= 15 is 0 Å². The summed E-state index contributed by atoms with van der Waals surface area (Å²) in [7, 11) is 0. The number of carbonyl (C=O) groups excluding carboxylic acids is 2. The van der Waals surface area contributed by atoms with E-state index in [9.17, 15) is 14.7 Å². The lowest BCUT2D eigenvalue weighted by molar-refractivity contribution is -0.132. The number of amides is 1. The van der Waals surface area contributed by atoms with Gasteiger partial charge in [0, 0.05) is 15.8 Å². The lowest BCUT2D eigenvalue weighted by atomic mass is 9.95. The topological polar surface area (TPSA) is 92.6 Å². The molecule has 0 bridgehead atoms. The van der Waals surface area contributed by atoms with Crippen molar-refractivity contribution in [2.75, 3.05) is 4.90 Å². The highest BCUT2D eigenvalue weighted by atomic mass is 79.9. The summed E-state index contributed by atoms with van der Waals surface area (Å²) in [6, 6.07) is 32.3. The summed E-state index contributed by atoms with van der Waals surface area (Å²) in [4.78, 5) is 28.4. The fraction of sp³-hybridized carbons (Fsp3) is 0.0625. The maximum atomic E-state index is 13.6. The van der Waals surface area contributed by atoms with Crippen LogP contribution in [-0.4, -0.2) is 27.0 Å². The van der Waals surface area contributed by atoms with Crippen molar-refractivity contribution in [3.8, 4) is 11.5 Å². The van der Waals surface area contributed by atoms with E-state index in [1.54, 1.807) is 48.5 Å². The quantitative estimate of drug-likeness (QED) is 0.0595. The average molecular weight is 657 g/mol. The molecular formula is C32H22BrN3O4S2. The van der Waals surface area contributed by atoms with E-state index in [1.807, 2.05) is 60.7 Å². The van der Waals surface area contributed by atoms with Gasteiger partial charge >= 0.3 is 5.91 Å². The lowest BCUT2D eigenvalue weighted by Gasteiger charge is -2.23. The van der Waals surface area contributed by atoms with E-state index in [2.05, 4.69) is 26.1 Å². The van der Waals surface area contributed by atoms with E-state index in [0.29, 0.717) is 32.7 Å². The number of ketones is 1. The Morgan fingerprint density at radius 1 is 0.881 bits per heavy atom. The summed E-state index contributed by atoms with van der Waals surface area (Å²) in [6.45, 7) is 0. The Morgan fingerprint density at radius 2 is 1.57 bits per heavy atom. The third-order valence-corrected chi connectivity index (χ3v) is 9.18. The summed E-state index contributed by atoms with van der Waals surface area (Å²) in [5.41, 5.74) is 2.08. The first kappa shape index (κ1) is 27.9. The Kier molecular flexibility index (Phi) is 8.18. The fourth-order valence-electron chi connectivity index (χ4n) is 4.56. The number of rotatable bonds is 8. The minimum absolute atomic E-state index is 0.0344. The Balaban J connectivity index is 1.40. The Morgan fingerprint density at radius 3 is 2.31 bits per heavy atom. The molecule has 42 heavy (non-hydrogen) atoms. The van der Waals surface area contributed by atoms with Crippen molar-refractivity contribution in [2.45, 2.75) is 16.1 Å². The number of nitrogens with zero attached hydrogens (tertiary/aromatic N) is 3. The number of carbonyl (C=O) groups is 2. The van der Waals surface area contributed by atoms with Gasteiger partial charge in [-0.05, 0) is 47.5 Å². The number of hydrogen-bond acceptors (Lipinski definition) is 8. The first-order valence-corrected chi connectivity index (χ1v) is 15.5. The number of hydrogen-bond donors (Lipinski definition) is 1. The molecule has 10 heteroatoms. The number of halogens is 1. The van der Waals surface area contributed by atoms with Gasteiger partial charge < -0.3 is 9.84 Å². The molecule has 4 aromatic carbocycles. The second kappa shape index (κ2) is 12.3. The van der Waals surface area contributed by atoms with Crippen LogP contribution in [0.1, 0.15) is 22.7 Å². The molecule has 1 amide bonds. The van der Waals surface area contributed by atoms with E-state index < -0.39 is 17.7 Å². The SMILES string of the molecule is O=C1C(=O)N(c2nnc(SCc3ccccc3)s2)C(c2cccc(Oc3ccccc3)c2)/C1=C(/O)c1ccc(Br)cc1. The number of anilines is 1. The van der Waals surface area contributed by atoms with Crippen molar-refractivity contribution in [2.24, 2.45) is 0 Å². The molecule has 1 aliphatic heterocycles. The molecule has 7 nitrogen and oxygen atoms in total. The molecule has 1 atom stereocenters. The lowest BCUT2D eigenvalue weighted by Crippen LogP contribution is -2.29. The van der Waals surface area contributed by atoms with Gasteiger partial charge in [-0.3, -0.25) is 14.5 Å². The summed E-state index contributed by atoms with van der Waals surface area (Å²) in [6.07, 6.45) is 0. The van der Waals surface area contributed by atoms with E-state index in [0.717, 1.165) is 10.0 Å².